The van der Waals surface area contributed by atoms with Gasteiger partial charge in [0.1, 0.15) is 23.9 Å². The van der Waals surface area contributed by atoms with Crippen molar-refractivity contribution in [3.63, 3.8) is 0 Å². The number of hydrogen-bond donors (Lipinski definition) is 0. The average molecular weight is 296 g/mol. The van der Waals surface area contributed by atoms with Gasteiger partial charge < -0.3 is 9.15 Å². The van der Waals surface area contributed by atoms with Crippen LogP contribution < -0.4 is 4.74 Å². The lowest BCUT2D eigenvalue weighted by Crippen LogP contribution is -1.94. The van der Waals surface area contributed by atoms with Gasteiger partial charge in [0.05, 0.1) is 0 Å². The van der Waals surface area contributed by atoms with Crippen LogP contribution in [-0.2, 0) is 11.4 Å². The van der Waals surface area contributed by atoms with E-state index >= 15 is 0 Å². The van der Waals surface area contributed by atoms with Crippen LogP contribution in [0, 0.1) is 19.8 Å². The summed E-state index contributed by atoms with van der Waals surface area (Å²) in [4.78, 5) is 11.6. The number of furan rings is 1. The molecule has 22 heavy (non-hydrogen) atoms. The molecule has 3 nitrogen and oxygen atoms in total. The minimum Gasteiger partial charge on any atom is -0.486 e. The maximum absolute atomic E-state index is 11.6. The summed E-state index contributed by atoms with van der Waals surface area (Å²) in [5.41, 5.74) is 2.35. The quantitative estimate of drug-likeness (QED) is 0.738. The number of ketones is 1. The summed E-state index contributed by atoms with van der Waals surface area (Å²) in [5, 5.41) is 0. The van der Waals surface area contributed by atoms with Crippen LogP contribution in [0.1, 0.15) is 35.5 Å². The molecule has 2 aromatic rings. The van der Waals surface area contributed by atoms with Crippen LogP contribution in [0.25, 0.3) is 6.08 Å². The fourth-order valence-electron chi connectivity index (χ4n) is 2.40. The summed E-state index contributed by atoms with van der Waals surface area (Å²) >= 11 is 0. The molecule has 1 fully saturated rings. The van der Waals surface area contributed by atoms with Crippen molar-refractivity contribution >= 4 is 11.9 Å². The summed E-state index contributed by atoms with van der Waals surface area (Å²) in [7, 11) is 0. The van der Waals surface area contributed by atoms with Gasteiger partial charge >= 0.3 is 0 Å². The Kier molecular flexibility index (Phi) is 4.14. The van der Waals surface area contributed by atoms with Crippen molar-refractivity contribution in [2.75, 3.05) is 0 Å². The van der Waals surface area contributed by atoms with Gasteiger partial charge in [-0.2, -0.15) is 0 Å². The number of allylic oxidation sites excluding steroid dienone is 1. The molecule has 0 amide bonds. The van der Waals surface area contributed by atoms with Gasteiger partial charge in [-0.3, -0.25) is 4.79 Å². The topological polar surface area (TPSA) is 39.4 Å². The molecule has 1 aliphatic carbocycles. The van der Waals surface area contributed by atoms with Crippen molar-refractivity contribution < 1.29 is 13.9 Å². The van der Waals surface area contributed by atoms with Crippen LogP contribution in [-0.4, -0.2) is 5.78 Å². The smallest absolute Gasteiger partial charge is 0.158 e. The van der Waals surface area contributed by atoms with Crippen molar-refractivity contribution in [3.8, 4) is 5.75 Å². The third-order valence-corrected chi connectivity index (χ3v) is 3.65. The minimum absolute atomic E-state index is 0.199. The number of hydrogen-bond acceptors (Lipinski definition) is 3. The summed E-state index contributed by atoms with van der Waals surface area (Å²) in [5.74, 6) is 2.73. The minimum atomic E-state index is 0.199. The lowest BCUT2D eigenvalue weighted by atomic mass is 10.1. The third kappa shape index (κ3) is 3.88. The summed E-state index contributed by atoms with van der Waals surface area (Å²) in [6, 6.07) is 9.86. The maximum Gasteiger partial charge on any atom is 0.158 e. The van der Waals surface area contributed by atoms with Crippen molar-refractivity contribution in [3.05, 3.63) is 59.1 Å². The first kappa shape index (κ1) is 14.6. The van der Waals surface area contributed by atoms with E-state index in [2.05, 4.69) is 6.07 Å². The third-order valence-electron chi connectivity index (χ3n) is 3.65. The number of ether oxygens (including phenoxy) is 1. The Morgan fingerprint density at radius 1 is 1.23 bits per heavy atom. The summed E-state index contributed by atoms with van der Waals surface area (Å²) < 4.78 is 11.4. The highest BCUT2D eigenvalue weighted by Gasteiger charge is 2.27. The van der Waals surface area contributed by atoms with Crippen LogP contribution in [0.5, 0.6) is 5.75 Å². The van der Waals surface area contributed by atoms with Crippen molar-refractivity contribution in [1.82, 2.24) is 0 Å². The lowest BCUT2D eigenvalue weighted by molar-refractivity contribution is -0.115. The zero-order valence-corrected chi connectivity index (χ0v) is 13.0. The van der Waals surface area contributed by atoms with E-state index < -0.39 is 0 Å². The Hall–Kier alpha value is -2.29. The van der Waals surface area contributed by atoms with Crippen molar-refractivity contribution in [2.24, 2.45) is 5.92 Å². The Bertz CT molecular complexity index is 685. The summed E-state index contributed by atoms with van der Waals surface area (Å²) in [6.45, 7) is 4.48. The van der Waals surface area contributed by atoms with Gasteiger partial charge in [0.2, 0.25) is 0 Å². The first-order valence-corrected chi connectivity index (χ1v) is 7.62. The van der Waals surface area contributed by atoms with Gasteiger partial charge in [0.25, 0.3) is 0 Å². The van der Waals surface area contributed by atoms with Crippen molar-refractivity contribution in [1.29, 1.82) is 0 Å². The standard InChI is InChI=1S/C19H20O3/c1-13-9-14(2)11-18(10-13)21-12-17-6-5-16(22-17)7-8-19(20)15-3-4-15/h5-11,15H,3-4,12H2,1-2H3. The van der Waals surface area contributed by atoms with Crippen LogP contribution >= 0.6 is 0 Å². The van der Waals surface area contributed by atoms with E-state index in [1.807, 2.05) is 38.1 Å². The molecule has 1 saturated carbocycles. The van der Waals surface area contributed by atoms with Gasteiger partial charge in [-0.05, 0) is 74.2 Å². The molecule has 0 unspecified atom stereocenters. The van der Waals surface area contributed by atoms with Crippen LogP contribution in [0.2, 0.25) is 0 Å². The predicted molar refractivity (Wildman–Crippen MR) is 85.7 cm³/mol. The van der Waals surface area contributed by atoms with Crippen molar-refractivity contribution in [2.45, 2.75) is 33.3 Å². The fraction of sp³-hybridized carbons (Fsp3) is 0.316. The molecule has 0 N–H and O–H groups in total. The molecule has 0 saturated heterocycles. The van der Waals surface area contributed by atoms with Gasteiger partial charge in [-0.15, -0.1) is 0 Å². The van der Waals surface area contributed by atoms with E-state index in [0.717, 1.165) is 24.4 Å². The normalized spacial score (nSPS) is 14.5. The molecule has 1 aliphatic rings. The highest BCUT2D eigenvalue weighted by atomic mass is 16.5. The molecule has 3 rings (SSSR count). The molecule has 0 spiro atoms. The number of carbonyl (C=O) groups is 1. The zero-order valence-electron chi connectivity index (χ0n) is 13.0. The molecule has 114 valence electrons. The van der Waals surface area contributed by atoms with Gasteiger partial charge in [-0.25, -0.2) is 0 Å². The van der Waals surface area contributed by atoms with E-state index in [1.54, 1.807) is 12.2 Å². The molecular weight excluding hydrogens is 276 g/mol. The second-order valence-corrected chi connectivity index (χ2v) is 5.93. The number of benzene rings is 1. The van der Waals surface area contributed by atoms with E-state index in [4.69, 9.17) is 9.15 Å². The van der Waals surface area contributed by atoms with E-state index in [-0.39, 0.29) is 11.7 Å². The average Bonchev–Trinajstić information content (AvgIpc) is 3.22. The highest BCUT2D eigenvalue weighted by molar-refractivity contribution is 5.96. The monoisotopic (exact) mass is 296 g/mol. The molecule has 0 radical (unpaired) electrons. The SMILES string of the molecule is Cc1cc(C)cc(OCc2ccc(C=CC(=O)C3CC3)o2)c1. The molecule has 1 aromatic carbocycles. The van der Waals surface area contributed by atoms with E-state index in [0.29, 0.717) is 12.4 Å². The summed E-state index contributed by atoms with van der Waals surface area (Å²) in [6.07, 6.45) is 5.40. The van der Waals surface area contributed by atoms with Gasteiger partial charge in [0.15, 0.2) is 5.78 Å². The predicted octanol–water partition coefficient (Wildman–Crippen LogP) is 4.47. The zero-order chi connectivity index (χ0) is 15.5. The highest BCUT2D eigenvalue weighted by Crippen LogP contribution is 2.30. The number of carbonyl (C=O) groups excluding carboxylic acids is 1. The fourth-order valence-corrected chi connectivity index (χ4v) is 2.40. The Labute approximate surface area is 130 Å². The Morgan fingerprint density at radius 2 is 1.95 bits per heavy atom. The van der Waals surface area contributed by atoms with Crippen LogP contribution in [0.15, 0.2) is 40.8 Å². The van der Waals surface area contributed by atoms with E-state index in [1.165, 1.54) is 11.1 Å². The number of rotatable bonds is 6. The molecule has 0 aliphatic heterocycles. The Morgan fingerprint density at radius 3 is 2.64 bits per heavy atom. The number of aryl methyl sites for hydroxylation is 2. The molecule has 0 bridgehead atoms. The van der Waals surface area contributed by atoms with Crippen LogP contribution in [0.3, 0.4) is 0 Å². The first-order chi connectivity index (χ1) is 10.6. The second-order valence-electron chi connectivity index (χ2n) is 5.93. The lowest BCUT2D eigenvalue weighted by Gasteiger charge is -2.06. The molecule has 3 heteroatoms. The molecular formula is C19H20O3. The molecule has 1 aromatic heterocycles. The van der Waals surface area contributed by atoms with E-state index in [9.17, 15) is 4.79 Å². The largest absolute Gasteiger partial charge is 0.486 e. The molecule has 0 atom stereocenters. The van der Waals surface area contributed by atoms with Gasteiger partial charge in [0, 0.05) is 5.92 Å². The second kappa shape index (κ2) is 6.22. The Balaban J connectivity index is 1.58. The van der Waals surface area contributed by atoms with Gasteiger partial charge in [-0.1, -0.05) is 6.07 Å². The first-order valence-electron chi connectivity index (χ1n) is 7.62. The molecule has 1 heterocycles. The maximum atomic E-state index is 11.6. The van der Waals surface area contributed by atoms with Crippen LogP contribution in [0.4, 0.5) is 0 Å².